The highest BCUT2D eigenvalue weighted by atomic mass is 35.5. The third-order valence-electron chi connectivity index (χ3n) is 4.41. The molecule has 0 aromatic carbocycles. The van der Waals surface area contributed by atoms with Gasteiger partial charge in [-0.15, -0.1) is 12.4 Å². The van der Waals surface area contributed by atoms with E-state index in [-0.39, 0.29) is 30.1 Å². The topological polar surface area (TPSA) is 66.6 Å². The first-order valence-corrected chi connectivity index (χ1v) is 8.84. The Morgan fingerprint density at radius 1 is 1.26 bits per heavy atom. The maximum Gasteiger partial charge on any atom is 0.254 e. The minimum atomic E-state index is -0.441. The smallest absolute Gasteiger partial charge is 0.254 e. The highest BCUT2D eigenvalue weighted by molar-refractivity contribution is 7.08. The standard InChI is InChI=1S/C16H25N3O2S.ClH/c1-3-12(2)14(17)16(21)19-7-4-6-18(8-9-19)15(20)13-5-10-22-11-13;/h5,10-12,14H,3-4,6-9,17H2,1-2H3;1H. The van der Waals surface area contributed by atoms with Crippen molar-refractivity contribution in [3.05, 3.63) is 22.4 Å². The summed E-state index contributed by atoms with van der Waals surface area (Å²) in [6, 6.07) is 1.41. The molecule has 0 saturated carbocycles. The van der Waals surface area contributed by atoms with Crippen molar-refractivity contribution >= 4 is 35.6 Å². The van der Waals surface area contributed by atoms with E-state index in [1.54, 1.807) is 0 Å². The number of nitrogens with zero attached hydrogens (tertiary/aromatic N) is 2. The van der Waals surface area contributed by atoms with Crippen LogP contribution in [0.3, 0.4) is 0 Å². The molecule has 0 spiro atoms. The molecular formula is C16H26ClN3O2S. The van der Waals surface area contributed by atoms with Crippen LogP contribution >= 0.6 is 23.7 Å². The summed E-state index contributed by atoms with van der Waals surface area (Å²) in [5.41, 5.74) is 6.79. The Kier molecular flexibility index (Phi) is 8.02. The normalized spacial score (nSPS) is 17.9. The largest absolute Gasteiger partial charge is 0.339 e. The Labute approximate surface area is 148 Å². The van der Waals surface area contributed by atoms with E-state index in [2.05, 4.69) is 0 Å². The maximum absolute atomic E-state index is 12.5. The van der Waals surface area contributed by atoms with Crippen LogP contribution in [0.1, 0.15) is 37.0 Å². The van der Waals surface area contributed by atoms with Crippen LogP contribution in [0.2, 0.25) is 0 Å². The van der Waals surface area contributed by atoms with E-state index < -0.39 is 6.04 Å². The summed E-state index contributed by atoms with van der Waals surface area (Å²) >= 11 is 1.52. The summed E-state index contributed by atoms with van der Waals surface area (Å²) in [6.45, 7) is 6.56. The number of carbonyl (C=O) groups is 2. The van der Waals surface area contributed by atoms with Gasteiger partial charge in [-0.1, -0.05) is 20.3 Å². The Bertz CT molecular complexity index is 509. The van der Waals surface area contributed by atoms with Gasteiger partial charge in [-0.2, -0.15) is 11.3 Å². The van der Waals surface area contributed by atoms with Gasteiger partial charge in [-0.3, -0.25) is 9.59 Å². The van der Waals surface area contributed by atoms with Gasteiger partial charge in [-0.25, -0.2) is 0 Å². The molecule has 1 aliphatic heterocycles. The van der Waals surface area contributed by atoms with Crippen LogP contribution in [-0.4, -0.2) is 53.8 Å². The molecule has 1 aliphatic rings. The van der Waals surface area contributed by atoms with Crippen molar-refractivity contribution in [1.82, 2.24) is 9.80 Å². The van der Waals surface area contributed by atoms with Crippen LogP contribution in [0.15, 0.2) is 16.8 Å². The van der Waals surface area contributed by atoms with Gasteiger partial charge < -0.3 is 15.5 Å². The number of amides is 2. The molecule has 1 aromatic heterocycles. The van der Waals surface area contributed by atoms with Crippen molar-refractivity contribution in [2.45, 2.75) is 32.7 Å². The fourth-order valence-corrected chi connectivity index (χ4v) is 3.25. The highest BCUT2D eigenvalue weighted by Crippen LogP contribution is 2.14. The molecule has 1 fully saturated rings. The Morgan fingerprint density at radius 2 is 1.91 bits per heavy atom. The Balaban J connectivity index is 0.00000264. The number of rotatable bonds is 4. The first-order valence-electron chi connectivity index (χ1n) is 7.90. The molecule has 1 aromatic rings. The van der Waals surface area contributed by atoms with Crippen molar-refractivity contribution in [3.63, 3.8) is 0 Å². The van der Waals surface area contributed by atoms with Gasteiger partial charge in [0.05, 0.1) is 11.6 Å². The summed E-state index contributed by atoms with van der Waals surface area (Å²) in [4.78, 5) is 28.5. The van der Waals surface area contributed by atoms with Crippen molar-refractivity contribution in [1.29, 1.82) is 0 Å². The van der Waals surface area contributed by atoms with E-state index in [0.717, 1.165) is 18.4 Å². The van der Waals surface area contributed by atoms with Crippen LogP contribution < -0.4 is 5.73 Å². The minimum Gasteiger partial charge on any atom is -0.339 e. The number of thiophene rings is 1. The van der Waals surface area contributed by atoms with Gasteiger partial charge in [0, 0.05) is 31.6 Å². The lowest BCUT2D eigenvalue weighted by molar-refractivity contribution is -0.133. The van der Waals surface area contributed by atoms with E-state index >= 15 is 0 Å². The number of halogens is 1. The molecule has 2 unspecified atom stereocenters. The quantitative estimate of drug-likeness (QED) is 0.896. The summed E-state index contributed by atoms with van der Waals surface area (Å²) in [5, 5.41) is 3.78. The fourth-order valence-electron chi connectivity index (χ4n) is 2.62. The van der Waals surface area contributed by atoms with E-state index in [1.165, 1.54) is 11.3 Å². The Hall–Kier alpha value is -1.11. The van der Waals surface area contributed by atoms with Gasteiger partial charge in [0.1, 0.15) is 0 Å². The molecule has 0 radical (unpaired) electrons. The van der Waals surface area contributed by atoms with Crippen molar-refractivity contribution < 1.29 is 9.59 Å². The fraction of sp³-hybridized carbons (Fsp3) is 0.625. The summed E-state index contributed by atoms with van der Waals surface area (Å²) < 4.78 is 0. The molecule has 1 saturated heterocycles. The van der Waals surface area contributed by atoms with Crippen LogP contribution in [0.5, 0.6) is 0 Å². The van der Waals surface area contributed by atoms with E-state index in [0.29, 0.717) is 26.2 Å². The van der Waals surface area contributed by atoms with Gasteiger partial charge in [0.2, 0.25) is 5.91 Å². The number of hydrogen-bond donors (Lipinski definition) is 1. The van der Waals surface area contributed by atoms with Gasteiger partial charge in [-0.05, 0) is 23.8 Å². The van der Waals surface area contributed by atoms with Gasteiger partial charge in [0.25, 0.3) is 5.91 Å². The predicted molar refractivity (Wildman–Crippen MR) is 96.1 cm³/mol. The lowest BCUT2D eigenvalue weighted by Crippen LogP contribution is -2.48. The lowest BCUT2D eigenvalue weighted by Gasteiger charge is -2.27. The van der Waals surface area contributed by atoms with Crippen molar-refractivity contribution in [3.8, 4) is 0 Å². The van der Waals surface area contributed by atoms with E-state index in [9.17, 15) is 9.59 Å². The maximum atomic E-state index is 12.5. The average molecular weight is 360 g/mol. The molecule has 0 aliphatic carbocycles. The molecule has 5 nitrogen and oxygen atoms in total. The van der Waals surface area contributed by atoms with Gasteiger partial charge in [0.15, 0.2) is 0 Å². The molecule has 7 heteroatoms. The van der Waals surface area contributed by atoms with E-state index in [1.807, 2.05) is 40.5 Å². The second kappa shape index (κ2) is 9.25. The number of carbonyl (C=O) groups excluding carboxylic acids is 2. The number of nitrogens with two attached hydrogens (primary N) is 1. The summed E-state index contributed by atoms with van der Waals surface area (Å²) in [7, 11) is 0. The first kappa shape index (κ1) is 19.9. The molecule has 2 N–H and O–H groups in total. The van der Waals surface area contributed by atoms with Gasteiger partial charge >= 0.3 is 0 Å². The molecule has 2 rings (SSSR count). The molecule has 130 valence electrons. The molecule has 2 amide bonds. The van der Waals surface area contributed by atoms with Crippen LogP contribution in [0.4, 0.5) is 0 Å². The second-order valence-electron chi connectivity index (χ2n) is 5.89. The Morgan fingerprint density at radius 3 is 2.52 bits per heavy atom. The van der Waals surface area contributed by atoms with E-state index in [4.69, 9.17) is 5.73 Å². The third kappa shape index (κ3) is 4.93. The number of hydrogen-bond acceptors (Lipinski definition) is 4. The van der Waals surface area contributed by atoms with Crippen LogP contribution in [0, 0.1) is 5.92 Å². The monoisotopic (exact) mass is 359 g/mol. The van der Waals surface area contributed by atoms with Crippen LogP contribution in [-0.2, 0) is 4.79 Å². The average Bonchev–Trinajstić information content (AvgIpc) is 2.96. The van der Waals surface area contributed by atoms with Crippen molar-refractivity contribution in [2.75, 3.05) is 26.2 Å². The third-order valence-corrected chi connectivity index (χ3v) is 5.09. The summed E-state index contributed by atoms with van der Waals surface area (Å²) in [5.74, 6) is 0.250. The first-order chi connectivity index (χ1) is 10.5. The molecule has 2 heterocycles. The zero-order valence-electron chi connectivity index (χ0n) is 13.7. The van der Waals surface area contributed by atoms with Crippen molar-refractivity contribution in [2.24, 2.45) is 11.7 Å². The zero-order chi connectivity index (χ0) is 16.1. The lowest BCUT2D eigenvalue weighted by atomic mass is 9.99. The molecule has 0 bridgehead atoms. The SMILES string of the molecule is CCC(C)C(N)C(=O)N1CCCN(C(=O)c2ccsc2)CC1.Cl. The highest BCUT2D eigenvalue weighted by Gasteiger charge is 2.28. The second-order valence-corrected chi connectivity index (χ2v) is 6.67. The predicted octanol–water partition coefficient (Wildman–Crippen LogP) is 2.22. The molecular weight excluding hydrogens is 334 g/mol. The molecule has 2 atom stereocenters. The van der Waals surface area contributed by atoms with Crippen LogP contribution in [0.25, 0.3) is 0 Å². The summed E-state index contributed by atoms with van der Waals surface area (Å²) in [6.07, 6.45) is 1.69. The zero-order valence-corrected chi connectivity index (χ0v) is 15.4. The molecule has 23 heavy (non-hydrogen) atoms. The minimum absolute atomic E-state index is 0.